The van der Waals surface area contributed by atoms with Gasteiger partial charge >= 0.3 is 12.0 Å². The van der Waals surface area contributed by atoms with Gasteiger partial charge in [-0.3, -0.25) is 10.1 Å². The highest BCUT2D eigenvalue weighted by Gasteiger charge is 2.38. The van der Waals surface area contributed by atoms with Crippen LogP contribution in [-0.2, 0) is 9.53 Å². The van der Waals surface area contributed by atoms with Crippen molar-refractivity contribution in [1.29, 1.82) is 0 Å². The van der Waals surface area contributed by atoms with Gasteiger partial charge in [0.2, 0.25) is 0 Å². The number of methoxy groups -OCH3 is 1. The van der Waals surface area contributed by atoms with Gasteiger partial charge in [-0.25, -0.2) is 9.59 Å². The van der Waals surface area contributed by atoms with Gasteiger partial charge in [-0.05, 0) is 33.3 Å². The van der Waals surface area contributed by atoms with Crippen LogP contribution in [0.5, 0.6) is 11.5 Å². The first-order chi connectivity index (χ1) is 13.7. The smallest absolute Gasteiger partial charge is 0.338 e. The third-order valence-corrected chi connectivity index (χ3v) is 4.19. The van der Waals surface area contributed by atoms with E-state index in [1.807, 2.05) is 0 Å². The van der Waals surface area contributed by atoms with E-state index in [0.29, 0.717) is 18.7 Å². The van der Waals surface area contributed by atoms with Crippen LogP contribution in [0.4, 0.5) is 10.5 Å². The lowest BCUT2D eigenvalue weighted by atomic mass is 9.92. The van der Waals surface area contributed by atoms with E-state index < -0.39 is 29.1 Å². The van der Waals surface area contributed by atoms with Crippen molar-refractivity contribution in [2.24, 2.45) is 0 Å². The van der Waals surface area contributed by atoms with Crippen molar-refractivity contribution in [1.82, 2.24) is 10.6 Å². The molecule has 29 heavy (non-hydrogen) atoms. The number of hydrogen-bond donors (Lipinski definition) is 2. The molecule has 0 fully saturated rings. The summed E-state index contributed by atoms with van der Waals surface area (Å²) in [6.45, 7) is 7.19. The van der Waals surface area contributed by atoms with Gasteiger partial charge in [-0.1, -0.05) is 6.92 Å². The van der Waals surface area contributed by atoms with Crippen LogP contribution in [-0.4, -0.2) is 36.7 Å². The molecule has 0 radical (unpaired) electrons. The highest BCUT2D eigenvalue weighted by atomic mass is 16.6. The molecule has 1 heterocycles. The number of nitrogens with zero attached hydrogens (tertiary/aromatic N) is 1. The standard InChI is InChI=1S/C19H25N3O7/c1-6-12-16(18(23)29-10(3)4)17(21-19(24)20-12)11-8-15(28-7-2)14(27-5)9-13(11)22(25)26/h8-10,17H,6-7H2,1-5H3,(H2,20,21,24). The van der Waals surface area contributed by atoms with Crippen molar-refractivity contribution < 1.29 is 28.7 Å². The van der Waals surface area contributed by atoms with E-state index in [2.05, 4.69) is 10.6 Å². The summed E-state index contributed by atoms with van der Waals surface area (Å²) in [6.07, 6.45) is -0.0782. The van der Waals surface area contributed by atoms with Crippen molar-refractivity contribution >= 4 is 17.7 Å². The van der Waals surface area contributed by atoms with Gasteiger partial charge in [-0.2, -0.15) is 0 Å². The summed E-state index contributed by atoms with van der Waals surface area (Å²) in [5, 5.41) is 16.9. The first-order valence-electron chi connectivity index (χ1n) is 9.24. The third kappa shape index (κ3) is 4.76. The molecule has 1 aliphatic heterocycles. The summed E-state index contributed by atoms with van der Waals surface area (Å²) in [5.74, 6) is -0.232. The molecule has 0 bridgehead atoms. The van der Waals surface area contributed by atoms with Crippen LogP contribution in [0.15, 0.2) is 23.4 Å². The zero-order valence-corrected chi connectivity index (χ0v) is 17.0. The number of amides is 2. The Morgan fingerprint density at radius 1 is 1.28 bits per heavy atom. The average Bonchev–Trinajstić information content (AvgIpc) is 2.66. The number of ether oxygens (including phenoxy) is 3. The molecule has 2 amide bonds. The van der Waals surface area contributed by atoms with E-state index in [1.165, 1.54) is 19.2 Å². The van der Waals surface area contributed by atoms with Gasteiger partial charge in [0.1, 0.15) is 0 Å². The van der Waals surface area contributed by atoms with Crippen molar-refractivity contribution in [3.05, 3.63) is 39.1 Å². The number of benzene rings is 1. The summed E-state index contributed by atoms with van der Waals surface area (Å²) in [6, 6.07) is 0.963. The average molecular weight is 407 g/mol. The minimum absolute atomic E-state index is 0.0933. The van der Waals surface area contributed by atoms with Crippen LogP contribution in [0.1, 0.15) is 45.7 Å². The molecule has 0 saturated carbocycles. The molecule has 10 heteroatoms. The predicted molar refractivity (Wildman–Crippen MR) is 104 cm³/mol. The van der Waals surface area contributed by atoms with Crippen LogP contribution in [0.2, 0.25) is 0 Å². The topological polar surface area (TPSA) is 129 Å². The Hall–Kier alpha value is -3.30. The van der Waals surface area contributed by atoms with Crippen LogP contribution in [0.3, 0.4) is 0 Å². The summed E-state index contributed by atoms with van der Waals surface area (Å²) < 4.78 is 16.0. The molecule has 0 aliphatic carbocycles. The Kier molecular flexibility index (Phi) is 7.03. The quantitative estimate of drug-likeness (QED) is 0.385. The van der Waals surface area contributed by atoms with Gasteiger partial charge in [0.05, 0.1) is 48.0 Å². The largest absolute Gasteiger partial charge is 0.493 e. The maximum atomic E-state index is 12.8. The molecule has 0 aromatic heterocycles. The van der Waals surface area contributed by atoms with E-state index in [-0.39, 0.29) is 28.3 Å². The maximum absolute atomic E-state index is 12.8. The predicted octanol–water partition coefficient (Wildman–Crippen LogP) is 2.97. The number of carbonyl (C=O) groups is 2. The van der Waals surface area contributed by atoms with Gasteiger partial charge in [0, 0.05) is 5.70 Å². The molecular weight excluding hydrogens is 382 g/mol. The Bertz CT molecular complexity index is 848. The van der Waals surface area contributed by atoms with Crippen molar-refractivity contribution in [2.75, 3.05) is 13.7 Å². The molecule has 1 atom stereocenters. The van der Waals surface area contributed by atoms with Crippen LogP contribution >= 0.6 is 0 Å². The van der Waals surface area contributed by atoms with Gasteiger partial charge in [0.25, 0.3) is 5.69 Å². The minimum atomic E-state index is -1.09. The molecular formula is C19H25N3O7. The summed E-state index contributed by atoms with van der Waals surface area (Å²) in [7, 11) is 1.37. The number of nitro benzene ring substituents is 1. The second-order valence-corrected chi connectivity index (χ2v) is 6.48. The maximum Gasteiger partial charge on any atom is 0.338 e. The monoisotopic (exact) mass is 407 g/mol. The van der Waals surface area contributed by atoms with Gasteiger partial charge in [-0.15, -0.1) is 0 Å². The van der Waals surface area contributed by atoms with Gasteiger partial charge in [0.15, 0.2) is 11.5 Å². The number of allylic oxidation sites excluding steroid dienone is 1. The number of rotatable bonds is 8. The van der Waals surface area contributed by atoms with Crippen molar-refractivity contribution in [3.8, 4) is 11.5 Å². The Labute approximate surface area is 168 Å². The van der Waals surface area contributed by atoms with Crippen LogP contribution in [0, 0.1) is 10.1 Å². The fraction of sp³-hybridized carbons (Fsp3) is 0.474. The Morgan fingerprint density at radius 2 is 1.97 bits per heavy atom. The summed E-state index contributed by atoms with van der Waals surface area (Å²) >= 11 is 0. The lowest BCUT2D eigenvalue weighted by molar-refractivity contribution is -0.385. The number of esters is 1. The SMILES string of the molecule is CCOc1cc(C2NC(=O)NC(CC)=C2C(=O)OC(C)C)c([N+](=O)[O-])cc1OC. The lowest BCUT2D eigenvalue weighted by Gasteiger charge is -2.29. The molecule has 0 spiro atoms. The molecule has 1 aromatic rings. The van der Waals surface area contributed by atoms with Crippen LogP contribution < -0.4 is 20.1 Å². The zero-order chi connectivity index (χ0) is 21.7. The van der Waals surface area contributed by atoms with E-state index >= 15 is 0 Å². The number of urea groups is 1. The molecule has 1 aromatic carbocycles. The highest BCUT2D eigenvalue weighted by Crippen LogP contribution is 2.41. The molecule has 10 nitrogen and oxygen atoms in total. The van der Waals surface area contributed by atoms with E-state index in [1.54, 1.807) is 27.7 Å². The Morgan fingerprint density at radius 3 is 2.48 bits per heavy atom. The fourth-order valence-corrected chi connectivity index (χ4v) is 3.03. The summed E-state index contributed by atoms with van der Waals surface area (Å²) in [4.78, 5) is 36.1. The lowest BCUT2D eigenvalue weighted by Crippen LogP contribution is -2.46. The zero-order valence-electron chi connectivity index (χ0n) is 17.0. The van der Waals surface area contributed by atoms with E-state index in [9.17, 15) is 19.7 Å². The molecule has 2 rings (SSSR count). The fourth-order valence-electron chi connectivity index (χ4n) is 3.03. The van der Waals surface area contributed by atoms with Crippen molar-refractivity contribution in [2.45, 2.75) is 46.3 Å². The second kappa shape index (κ2) is 9.26. The number of nitro groups is 1. The minimum Gasteiger partial charge on any atom is -0.493 e. The first kappa shape index (κ1) is 22.0. The number of carbonyl (C=O) groups excluding carboxylic acids is 2. The number of hydrogen-bond acceptors (Lipinski definition) is 7. The molecule has 158 valence electrons. The highest BCUT2D eigenvalue weighted by molar-refractivity contribution is 5.95. The normalized spacial score (nSPS) is 16.2. The summed E-state index contributed by atoms with van der Waals surface area (Å²) in [5.41, 5.74) is 0.225. The molecule has 2 N–H and O–H groups in total. The Balaban J connectivity index is 2.73. The molecule has 0 saturated heterocycles. The van der Waals surface area contributed by atoms with Crippen LogP contribution in [0.25, 0.3) is 0 Å². The first-order valence-corrected chi connectivity index (χ1v) is 9.24. The van der Waals surface area contributed by atoms with E-state index in [0.717, 1.165) is 0 Å². The van der Waals surface area contributed by atoms with Crippen molar-refractivity contribution in [3.63, 3.8) is 0 Å². The third-order valence-electron chi connectivity index (χ3n) is 4.19. The number of nitrogens with one attached hydrogen (secondary N) is 2. The molecule has 1 aliphatic rings. The second-order valence-electron chi connectivity index (χ2n) is 6.48. The molecule has 1 unspecified atom stereocenters. The van der Waals surface area contributed by atoms with E-state index in [4.69, 9.17) is 14.2 Å². The van der Waals surface area contributed by atoms with Gasteiger partial charge < -0.3 is 24.8 Å².